The Labute approximate surface area is 101 Å². The van der Waals surface area contributed by atoms with E-state index in [0.717, 1.165) is 12.1 Å². The molecule has 2 rings (SSSR count). The van der Waals surface area contributed by atoms with Gasteiger partial charge in [-0.05, 0) is 31.6 Å². The molecule has 1 aromatic rings. The third kappa shape index (κ3) is 4.56. The Morgan fingerprint density at radius 2 is 2.12 bits per heavy atom. The zero-order valence-electron chi connectivity index (χ0n) is 9.80. The normalized spacial score (nSPS) is 22.4. The lowest BCUT2D eigenvalue weighted by Gasteiger charge is -2.21. The molecule has 1 aliphatic carbocycles. The summed E-state index contributed by atoms with van der Waals surface area (Å²) in [5.41, 5.74) is 17.0. The first-order chi connectivity index (χ1) is 7.91. The third-order valence-electron chi connectivity index (χ3n) is 2.25. The molecule has 0 saturated heterocycles. The van der Waals surface area contributed by atoms with Crippen LogP contribution in [0.15, 0.2) is 42.3 Å². The number of aromatic nitrogens is 1. The first-order valence-electron chi connectivity index (χ1n) is 5.24. The number of pyridine rings is 1. The molecule has 0 amide bonds. The molecule has 1 atom stereocenters. The summed E-state index contributed by atoms with van der Waals surface area (Å²) in [4.78, 5) is 3.61. The van der Waals surface area contributed by atoms with Crippen molar-refractivity contribution in [3.8, 4) is 5.75 Å². The number of allylic oxidation sites excluding steroid dienone is 1. The molecule has 0 aromatic carbocycles. The molecule has 0 aliphatic heterocycles. The van der Waals surface area contributed by atoms with Gasteiger partial charge in [-0.3, -0.25) is 0 Å². The highest BCUT2D eigenvalue weighted by Crippen LogP contribution is 2.14. The molecule has 5 nitrogen and oxygen atoms in total. The van der Waals surface area contributed by atoms with Gasteiger partial charge in [-0.2, -0.15) is 0 Å². The molecule has 0 spiro atoms. The predicted molar refractivity (Wildman–Crippen MR) is 68.9 cm³/mol. The number of rotatable bonds is 0. The highest BCUT2D eigenvalue weighted by Gasteiger charge is 2.14. The molecule has 1 unspecified atom stereocenters. The Morgan fingerprint density at radius 3 is 2.47 bits per heavy atom. The molecule has 5 heteroatoms. The molecule has 0 bridgehead atoms. The van der Waals surface area contributed by atoms with Gasteiger partial charge in [0.25, 0.3) is 0 Å². The van der Waals surface area contributed by atoms with Crippen molar-refractivity contribution >= 4 is 5.82 Å². The molecule has 92 valence electrons. The maximum absolute atomic E-state index is 8.73. The maximum atomic E-state index is 8.73. The molecular weight excluding hydrogens is 216 g/mol. The van der Waals surface area contributed by atoms with Crippen molar-refractivity contribution in [1.29, 1.82) is 0 Å². The van der Waals surface area contributed by atoms with E-state index in [-0.39, 0.29) is 17.1 Å². The molecule has 7 N–H and O–H groups in total. The van der Waals surface area contributed by atoms with Crippen LogP contribution in [0.2, 0.25) is 0 Å². The standard InChI is InChI=1S/C7H12N2.C5H6N2O/c1-7(9)4-2-6(8)3-5-7;6-5-4(8)2-1-3-7-5/h2-4H,5,8-9H2,1H3;1-3,8H,(H2,6,7). The number of hydrogen-bond acceptors (Lipinski definition) is 5. The van der Waals surface area contributed by atoms with Crippen LogP contribution in [0.3, 0.4) is 0 Å². The average Bonchev–Trinajstić information content (AvgIpc) is 2.28. The van der Waals surface area contributed by atoms with Gasteiger partial charge < -0.3 is 22.3 Å². The van der Waals surface area contributed by atoms with Crippen molar-refractivity contribution in [2.24, 2.45) is 11.5 Å². The largest absolute Gasteiger partial charge is 0.504 e. The Morgan fingerprint density at radius 1 is 1.41 bits per heavy atom. The number of nitrogens with two attached hydrogens (primary N) is 3. The summed E-state index contributed by atoms with van der Waals surface area (Å²) in [6, 6.07) is 3.11. The van der Waals surface area contributed by atoms with Crippen LogP contribution in [0.4, 0.5) is 5.82 Å². The van der Waals surface area contributed by atoms with E-state index in [1.54, 1.807) is 6.07 Å². The minimum Gasteiger partial charge on any atom is -0.504 e. The van der Waals surface area contributed by atoms with E-state index < -0.39 is 0 Å². The highest BCUT2D eigenvalue weighted by atomic mass is 16.3. The SMILES string of the molecule is CC1(N)C=CC(N)=CC1.Nc1ncccc1O. The van der Waals surface area contributed by atoms with Crippen molar-refractivity contribution < 1.29 is 5.11 Å². The first kappa shape index (κ1) is 13.1. The Bertz CT molecular complexity index is 417. The van der Waals surface area contributed by atoms with Crippen LogP contribution in [-0.2, 0) is 0 Å². The second-order valence-electron chi connectivity index (χ2n) is 4.16. The van der Waals surface area contributed by atoms with Crippen LogP contribution >= 0.6 is 0 Å². The lowest BCUT2D eigenvalue weighted by Crippen LogP contribution is -2.34. The van der Waals surface area contributed by atoms with E-state index in [2.05, 4.69) is 4.98 Å². The van der Waals surface area contributed by atoms with Crippen LogP contribution in [-0.4, -0.2) is 15.6 Å². The minimum atomic E-state index is -0.178. The maximum Gasteiger partial charge on any atom is 0.165 e. The van der Waals surface area contributed by atoms with E-state index >= 15 is 0 Å². The first-order valence-corrected chi connectivity index (χ1v) is 5.24. The summed E-state index contributed by atoms with van der Waals surface area (Å²) in [6.45, 7) is 1.98. The number of hydrogen-bond donors (Lipinski definition) is 4. The van der Waals surface area contributed by atoms with Crippen molar-refractivity contribution in [3.63, 3.8) is 0 Å². The summed E-state index contributed by atoms with van der Waals surface area (Å²) in [5, 5.41) is 8.73. The fraction of sp³-hybridized carbons (Fsp3) is 0.250. The lowest BCUT2D eigenvalue weighted by atomic mass is 9.94. The van der Waals surface area contributed by atoms with Gasteiger partial charge in [-0.25, -0.2) is 4.98 Å². The van der Waals surface area contributed by atoms with Gasteiger partial charge in [0.2, 0.25) is 0 Å². The lowest BCUT2D eigenvalue weighted by molar-refractivity contribution is 0.476. The smallest absolute Gasteiger partial charge is 0.165 e. The fourth-order valence-electron chi connectivity index (χ4n) is 1.17. The second kappa shape index (κ2) is 5.36. The van der Waals surface area contributed by atoms with Crippen molar-refractivity contribution in [3.05, 3.63) is 42.3 Å². The molecule has 17 heavy (non-hydrogen) atoms. The topological polar surface area (TPSA) is 111 Å². The Kier molecular flexibility index (Phi) is 4.12. The zero-order valence-corrected chi connectivity index (χ0v) is 9.80. The van der Waals surface area contributed by atoms with Crippen LogP contribution in [0, 0.1) is 0 Å². The van der Waals surface area contributed by atoms with E-state index in [1.807, 2.05) is 25.2 Å². The number of aromatic hydroxyl groups is 1. The Hall–Kier alpha value is -2.01. The monoisotopic (exact) mass is 234 g/mol. The molecule has 1 heterocycles. The van der Waals surface area contributed by atoms with Crippen LogP contribution in [0.1, 0.15) is 13.3 Å². The molecule has 0 saturated carbocycles. The van der Waals surface area contributed by atoms with E-state index in [0.29, 0.717) is 0 Å². The molecular formula is C12H18N4O. The quantitative estimate of drug-likeness (QED) is 0.532. The van der Waals surface area contributed by atoms with E-state index in [9.17, 15) is 0 Å². The summed E-state index contributed by atoms with van der Waals surface area (Å²) >= 11 is 0. The third-order valence-corrected chi connectivity index (χ3v) is 2.25. The summed E-state index contributed by atoms with van der Waals surface area (Å²) in [5.74, 6) is 0.208. The molecule has 1 aliphatic rings. The van der Waals surface area contributed by atoms with Gasteiger partial charge in [-0.15, -0.1) is 0 Å². The van der Waals surface area contributed by atoms with E-state index in [1.165, 1.54) is 12.3 Å². The van der Waals surface area contributed by atoms with E-state index in [4.69, 9.17) is 22.3 Å². The van der Waals surface area contributed by atoms with Crippen LogP contribution < -0.4 is 17.2 Å². The number of nitrogens with zero attached hydrogens (tertiary/aromatic N) is 1. The van der Waals surface area contributed by atoms with Gasteiger partial charge in [0.15, 0.2) is 11.6 Å². The molecule has 0 radical (unpaired) electrons. The predicted octanol–water partition coefficient (Wildman–Crippen LogP) is 0.876. The minimum absolute atomic E-state index is 0.0347. The van der Waals surface area contributed by atoms with Crippen molar-refractivity contribution in [2.75, 3.05) is 5.73 Å². The zero-order chi connectivity index (χ0) is 12.9. The molecule has 0 fully saturated rings. The van der Waals surface area contributed by atoms with Crippen molar-refractivity contribution in [1.82, 2.24) is 4.98 Å². The van der Waals surface area contributed by atoms with Crippen molar-refractivity contribution in [2.45, 2.75) is 18.9 Å². The van der Waals surface area contributed by atoms with Gasteiger partial charge in [0, 0.05) is 17.4 Å². The summed E-state index contributed by atoms with van der Waals surface area (Å²) in [6.07, 6.45) is 8.09. The molecule has 1 aromatic heterocycles. The Balaban J connectivity index is 0.000000171. The average molecular weight is 234 g/mol. The fourth-order valence-corrected chi connectivity index (χ4v) is 1.17. The number of nitrogen functional groups attached to an aromatic ring is 1. The summed E-state index contributed by atoms with van der Waals surface area (Å²) in [7, 11) is 0. The van der Waals surface area contributed by atoms with Gasteiger partial charge >= 0.3 is 0 Å². The van der Waals surface area contributed by atoms with Crippen LogP contribution in [0.5, 0.6) is 5.75 Å². The highest BCUT2D eigenvalue weighted by molar-refractivity contribution is 5.43. The van der Waals surface area contributed by atoms with Crippen LogP contribution in [0.25, 0.3) is 0 Å². The number of anilines is 1. The van der Waals surface area contributed by atoms with Gasteiger partial charge in [-0.1, -0.05) is 12.2 Å². The van der Waals surface area contributed by atoms with Gasteiger partial charge in [0.1, 0.15) is 0 Å². The second-order valence-corrected chi connectivity index (χ2v) is 4.16. The summed E-state index contributed by atoms with van der Waals surface area (Å²) < 4.78 is 0. The van der Waals surface area contributed by atoms with Gasteiger partial charge in [0.05, 0.1) is 0 Å².